The molecule has 7 nitrogen and oxygen atoms in total. The second kappa shape index (κ2) is 9.79. The number of hydrogen-bond donors (Lipinski definition) is 2. The molecule has 0 bridgehead atoms. The van der Waals surface area contributed by atoms with Crippen LogP contribution >= 0.6 is 0 Å². The van der Waals surface area contributed by atoms with Crippen molar-refractivity contribution < 1.29 is 33.0 Å². The molecule has 3 rings (SSSR count). The molecule has 2 amide bonds. The van der Waals surface area contributed by atoms with E-state index in [-0.39, 0.29) is 19.1 Å². The van der Waals surface area contributed by atoms with Gasteiger partial charge in [0.25, 0.3) is 5.91 Å². The van der Waals surface area contributed by atoms with Crippen LogP contribution in [0.25, 0.3) is 11.1 Å². The number of ether oxygens (including phenoxy) is 1. The number of carboxylic acids is 1. The SMILES string of the molecule is CC(C)(C)CN(CC(=O)O)C(=O)C(F)(F)CNC(=O)OCC1c2ccccc2-c2ccccc21. The summed E-state index contributed by atoms with van der Waals surface area (Å²) in [7, 11) is 0. The van der Waals surface area contributed by atoms with Crippen molar-refractivity contribution in [3.8, 4) is 11.1 Å². The molecule has 0 radical (unpaired) electrons. The summed E-state index contributed by atoms with van der Waals surface area (Å²) in [5.74, 6) is -7.30. The van der Waals surface area contributed by atoms with E-state index in [1.807, 2.05) is 53.8 Å². The van der Waals surface area contributed by atoms with E-state index >= 15 is 0 Å². The van der Waals surface area contributed by atoms with Gasteiger partial charge in [-0.2, -0.15) is 8.78 Å². The summed E-state index contributed by atoms with van der Waals surface area (Å²) in [6.07, 6.45) is -1.09. The molecule has 0 aromatic heterocycles. The lowest BCUT2D eigenvalue weighted by molar-refractivity contribution is -0.161. The van der Waals surface area contributed by atoms with E-state index in [1.54, 1.807) is 20.8 Å². The molecule has 0 atom stereocenters. The fourth-order valence-corrected chi connectivity index (χ4v) is 4.07. The topological polar surface area (TPSA) is 95.9 Å². The first-order valence-electron chi connectivity index (χ1n) is 10.9. The third kappa shape index (κ3) is 5.89. The second-order valence-corrected chi connectivity index (χ2v) is 9.50. The van der Waals surface area contributed by atoms with Crippen molar-refractivity contribution in [1.29, 1.82) is 0 Å². The lowest BCUT2D eigenvalue weighted by Crippen LogP contribution is -2.53. The predicted molar refractivity (Wildman–Crippen MR) is 122 cm³/mol. The molecule has 182 valence electrons. The van der Waals surface area contributed by atoms with E-state index < -0.39 is 42.4 Å². The molecular weight excluding hydrogens is 446 g/mol. The van der Waals surface area contributed by atoms with Gasteiger partial charge in [0.15, 0.2) is 0 Å². The number of hydrogen-bond acceptors (Lipinski definition) is 4. The van der Waals surface area contributed by atoms with E-state index in [4.69, 9.17) is 9.84 Å². The fourth-order valence-electron chi connectivity index (χ4n) is 4.07. The Morgan fingerprint density at radius 2 is 1.53 bits per heavy atom. The van der Waals surface area contributed by atoms with Crippen molar-refractivity contribution in [2.24, 2.45) is 5.41 Å². The second-order valence-electron chi connectivity index (χ2n) is 9.50. The molecule has 0 aliphatic heterocycles. The molecule has 1 aliphatic rings. The number of benzene rings is 2. The lowest BCUT2D eigenvalue weighted by atomic mass is 9.95. The van der Waals surface area contributed by atoms with Crippen molar-refractivity contribution in [2.45, 2.75) is 32.6 Å². The minimum atomic E-state index is -3.99. The highest BCUT2D eigenvalue weighted by Gasteiger charge is 2.44. The first kappa shape index (κ1) is 25.1. The molecule has 2 aromatic carbocycles. The number of nitrogens with one attached hydrogen (secondary N) is 1. The lowest BCUT2D eigenvalue weighted by Gasteiger charge is -2.31. The maximum Gasteiger partial charge on any atom is 0.407 e. The quantitative estimate of drug-likeness (QED) is 0.600. The number of carboxylic acid groups (broad SMARTS) is 1. The van der Waals surface area contributed by atoms with Crippen LogP contribution in [-0.2, 0) is 14.3 Å². The molecule has 0 heterocycles. The van der Waals surface area contributed by atoms with Gasteiger partial charge in [-0.05, 0) is 27.7 Å². The predicted octanol–water partition coefficient (Wildman–Crippen LogP) is 4.12. The van der Waals surface area contributed by atoms with Crippen LogP contribution in [0.1, 0.15) is 37.8 Å². The first-order valence-corrected chi connectivity index (χ1v) is 10.9. The Kier molecular flexibility index (Phi) is 7.24. The number of alkyl halides is 2. The summed E-state index contributed by atoms with van der Waals surface area (Å²) in [5.41, 5.74) is 3.41. The van der Waals surface area contributed by atoms with Crippen molar-refractivity contribution in [3.63, 3.8) is 0 Å². The van der Waals surface area contributed by atoms with E-state index in [0.29, 0.717) is 4.90 Å². The Labute approximate surface area is 196 Å². The van der Waals surface area contributed by atoms with E-state index in [0.717, 1.165) is 22.3 Å². The molecule has 1 aliphatic carbocycles. The summed E-state index contributed by atoms with van der Waals surface area (Å²) in [5, 5.41) is 10.9. The third-order valence-electron chi connectivity index (χ3n) is 5.39. The van der Waals surface area contributed by atoms with Crippen LogP contribution in [0, 0.1) is 5.41 Å². The van der Waals surface area contributed by atoms with Crippen LogP contribution < -0.4 is 5.32 Å². The van der Waals surface area contributed by atoms with Crippen LogP contribution in [0.4, 0.5) is 13.6 Å². The molecule has 0 spiro atoms. The molecule has 2 N–H and O–H groups in total. The van der Waals surface area contributed by atoms with Crippen LogP contribution in [0.5, 0.6) is 0 Å². The number of alkyl carbamates (subject to hydrolysis) is 1. The Balaban J connectivity index is 1.61. The molecule has 0 fully saturated rings. The molecule has 0 saturated heterocycles. The summed E-state index contributed by atoms with van der Waals surface area (Å²) in [4.78, 5) is 36.2. The third-order valence-corrected chi connectivity index (χ3v) is 5.39. The van der Waals surface area contributed by atoms with Gasteiger partial charge >= 0.3 is 18.0 Å². The highest BCUT2D eigenvalue weighted by Crippen LogP contribution is 2.44. The van der Waals surface area contributed by atoms with Crippen molar-refractivity contribution in [3.05, 3.63) is 59.7 Å². The number of fused-ring (bicyclic) bond motifs is 3. The number of carbonyl (C=O) groups is 3. The summed E-state index contributed by atoms with van der Waals surface area (Å²) >= 11 is 0. The normalized spacial score (nSPS) is 13.1. The zero-order valence-corrected chi connectivity index (χ0v) is 19.3. The number of amides is 2. The minimum absolute atomic E-state index is 0.0610. The molecule has 0 unspecified atom stereocenters. The summed E-state index contributed by atoms with van der Waals surface area (Å²) in [6.45, 7) is 2.68. The Hall–Kier alpha value is -3.49. The molecule has 34 heavy (non-hydrogen) atoms. The van der Waals surface area contributed by atoms with Gasteiger partial charge in [-0.25, -0.2) is 4.79 Å². The highest BCUT2D eigenvalue weighted by atomic mass is 19.3. The largest absolute Gasteiger partial charge is 0.480 e. The first-order chi connectivity index (χ1) is 15.9. The summed E-state index contributed by atoms with van der Waals surface area (Å²) < 4.78 is 34.3. The van der Waals surface area contributed by atoms with Crippen LogP contribution in [-0.4, -0.2) is 60.1 Å². The minimum Gasteiger partial charge on any atom is -0.480 e. The maximum absolute atomic E-state index is 14.5. The van der Waals surface area contributed by atoms with Crippen molar-refractivity contribution >= 4 is 18.0 Å². The van der Waals surface area contributed by atoms with Crippen molar-refractivity contribution in [2.75, 3.05) is 26.2 Å². The fraction of sp³-hybridized carbons (Fsp3) is 0.400. The Bertz CT molecular complexity index is 1040. The molecule has 2 aromatic rings. The maximum atomic E-state index is 14.5. The standard InChI is InChI=1S/C25H28F2N2O5/c1-24(2,3)15-29(12-21(30)31)22(32)25(26,27)14-28-23(33)34-13-20-18-10-6-4-8-16(18)17-9-5-7-11-19(17)20/h4-11,20H,12-15H2,1-3H3,(H,28,33)(H,30,31). The number of carbonyl (C=O) groups excluding carboxylic acids is 2. The van der Waals surface area contributed by atoms with Gasteiger partial charge < -0.3 is 20.1 Å². The molecule has 9 heteroatoms. The number of nitrogens with zero attached hydrogens (tertiary/aromatic N) is 1. The zero-order chi connectivity index (χ0) is 25.1. The Morgan fingerprint density at radius 3 is 2.03 bits per heavy atom. The van der Waals surface area contributed by atoms with E-state index in [1.165, 1.54) is 0 Å². The number of rotatable bonds is 8. The molecule has 0 saturated carbocycles. The smallest absolute Gasteiger partial charge is 0.407 e. The molecular formula is C25H28F2N2O5. The van der Waals surface area contributed by atoms with Gasteiger partial charge in [-0.15, -0.1) is 0 Å². The van der Waals surface area contributed by atoms with E-state index in [9.17, 15) is 23.2 Å². The average molecular weight is 475 g/mol. The van der Waals surface area contributed by atoms with Gasteiger partial charge in [-0.1, -0.05) is 69.3 Å². The zero-order valence-electron chi connectivity index (χ0n) is 19.3. The number of aliphatic carboxylic acids is 1. The van der Waals surface area contributed by atoms with Crippen LogP contribution in [0.3, 0.4) is 0 Å². The van der Waals surface area contributed by atoms with Crippen LogP contribution in [0.2, 0.25) is 0 Å². The van der Waals surface area contributed by atoms with Gasteiger partial charge in [-0.3, -0.25) is 9.59 Å². The Morgan fingerprint density at radius 1 is 1.00 bits per heavy atom. The number of halogens is 2. The van der Waals surface area contributed by atoms with Gasteiger partial charge in [0.1, 0.15) is 13.2 Å². The average Bonchev–Trinajstić information content (AvgIpc) is 3.08. The van der Waals surface area contributed by atoms with Gasteiger partial charge in [0.2, 0.25) is 0 Å². The summed E-state index contributed by atoms with van der Waals surface area (Å²) in [6, 6.07) is 15.4. The van der Waals surface area contributed by atoms with Gasteiger partial charge in [0, 0.05) is 12.5 Å². The highest BCUT2D eigenvalue weighted by molar-refractivity contribution is 5.87. The van der Waals surface area contributed by atoms with E-state index in [2.05, 4.69) is 0 Å². The van der Waals surface area contributed by atoms with Crippen molar-refractivity contribution in [1.82, 2.24) is 10.2 Å². The van der Waals surface area contributed by atoms with Gasteiger partial charge in [0.05, 0.1) is 6.54 Å². The monoisotopic (exact) mass is 474 g/mol. The van der Waals surface area contributed by atoms with Crippen LogP contribution in [0.15, 0.2) is 48.5 Å².